The van der Waals surface area contributed by atoms with Gasteiger partial charge in [-0.05, 0) is 40.9 Å². The van der Waals surface area contributed by atoms with Gasteiger partial charge in [-0.15, -0.1) is 0 Å². The van der Waals surface area contributed by atoms with Gasteiger partial charge < -0.3 is 4.74 Å². The number of esters is 1. The fourth-order valence-corrected chi connectivity index (χ4v) is 2.90. The molecule has 0 saturated heterocycles. The third-order valence-corrected chi connectivity index (χ3v) is 5.03. The van der Waals surface area contributed by atoms with Crippen molar-refractivity contribution in [1.82, 2.24) is 0 Å². The number of hydrogen-bond donors (Lipinski definition) is 1. The van der Waals surface area contributed by atoms with Crippen LogP contribution >= 0.6 is 0 Å². The Morgan fingerprint density at radius 1 is 1.07 bits per heavy atom. The number of alkyl halides is 2. The number of hydrogen-bond acceptors (Lipinski definition) is 4. The summed E-state index contributed by atoms with van der Waals surface area (Å²) in [5.41, 5.74) is 1.11. The third-order valence-electron chi connectivity index (χ3n) is 4.16. The zero-order chi connectivity index (χ0) is 21.3. The van der Waals surface area contributed by atoms with E-state index in [4.69, 9.17) is 4.55 Å². The van der Waals surface area contributed by atoms with Crippen molar-refractivity contribution in [1.29, 1.82) is 0 Å². The first kappa shape index (κ1) is 23.5. The minimum absolute atomic E-state index is 0.0210. The fraction of sp³-hybridized carbons (Fsp3) is 0.632. The molecule has 1 unspecified atom stereocenters. The predicted molar refractivity (Wildman–Crippen MR) is 99.5 cm³/mol. The number of benzene rings is 1. The highest BCUT2D eigenvalue weighted by atomic mass is 32.2. The second-order valence-electron chi connectivity index (χ2n) is 8.99. The molecule has 8 heteroatoms. The number of rotatable bonds is 6. The lowest BCUT2D eigenvalue weighted by Gasteiger charge is -2.36. The van der Waals surface area contributed by atoms with Crippen molar-refractivity contribution < 1.29 is 31.3 Å². The van der Waals surface area contributed by atoms with Crippen molar-refractivity contribution in [3.63, 3.8) is 0 Å². The monoisotopic (exact) mass is 406 g/mol. The van der Waals surface area contributed by atoms with Gasteiger partial charge in [0.1, 0.15) is 0 Å². The molecule has 0 saturated carbocycles. The van der Waals surface area contributed by atoms with Crippen molar-refractivity contribution in [3.8, 4) is 0 Å². The molecular weight excluding hydrogens is 378 g/mol. The highest BCUT2D eigenvalue weighted by Gasteiger charge is 2.45. The van der Waals surface area contributed by atoms with Gasteiger partial charge in [0.25, 0.3) is 0 Å². The van der Waals surface area contributed by atoms with Crippen molar-refractivity contribution in [2.75, 3.05) is 6.61 Å². The average Bonchev–Trinajstić information content (AvgIpc) is 2.47. The largest absolute Gasteiger partial charge is 0.454 e. The molecule has 0 aromatic heterocycles. The minimum Gasteiger partial charge on any atom is -0.454 e. The van der Waals surface area contributed by atoms with Crippen molar-refractivity contribution in [2.24, 2.45) is 10.8 Å². The summed E-state index contributed by atoms with van der Waals surface area (Å²) in [5, 5.41) is -4.55. The molecular formula is C19H28F2O5S. The Balaban J connectivity index is 2.95. The minimum atomic E-state index is -5.64. The van der Waals surface area contributed by atoms with Gasteiger partial charge >= 0.3 is 21.3 Å². The van der Waals surface area contributed by atoms with Crippen LogP contribution < -0.4 is 0 Å². The normalized spacial score (nSPS) is 14.7. The van der Waals surface area contributed by atoms with Crippen LogP contribution in [0.4, 0.5) is 8.78 Å². The Morgan fingerprint density at radius 3 is 1.93 bits per heavy atom. The zero-order valence-electron chi connectivity index (χ0n) is 16.5. The molecule has 0 aliphatic heterocycles. The van der Waals surface area contributed by atoms with Crippen molar-refractivity contribution >= 4 is 16.1 Å². The standard InChI is InChI=1S/C19H28F2O5S/c1-17(2,3)11-15(18(4,5)6)13-7-9-14(10-8-13)16(22)26-12-19(20,21)27(23,24)25/h7-10,15H,11-12H2,1-6H3,(H,23,24,25). The molecule has 27 heavy (non-hydrogen) atoms. The molecule has 0 aliphatic carbocycles. The summed E-state index contributed by atoms with van der Waals surface area (Å²) in [5.74, 6) is -0.876. The van der Waals surface area contributed by atoms with Gasteiger partial charge in [0.05, 0.1) is 5.56 Å². The quantitative estimate of drug-likeness (QED) is 0.537. The summed E-state index contributed by atoms with van der Waals surface area (Å²) in [6.45, 7) is 11.1. The highest BCUT2D eigenvalue weighted by molar-refractivity contribution is 7.86. The molecule has 0 amide bonds. The van der Waals surface area contributed by atoms with Crippen LogP contribution in [0, 0.1) is 10.8 Å². The van der Waals surface area contributed by atoms with E-state index in [0.29, 0.717) is 0 Å². The van der Waals surface area contributed by atoms with Gasteiger partial charge in [-0.2, -0.15) is 17.2 Å². The van der Waals surface area contributed by atoms with Crippen LogP contribution in [0.3, 0.4) is 0 Å². The van der Waals surface area contributed by atoms with Crippen LogP contribution in [0.25, 0.3) is 0 Å². The van der Waals surface area contributed by atoms with Gasteiger partial charge in [0.15, 0.2) is 6.61 Å². The summed E-state index contributed by atoms with van der Waals surface area (Å²) in [6.07, 6.45) is 0.918. The molecule has 1 N–H and O–H groups in total. The average molecular weight is 406 g/mol. The van der Waals surface area contributed by atoms with E-state index >= 15 is 0 Å². The lowest BCUT2D eigenvalue weighted by molar-refractivity contribution is -0.00950. The Bertz CT molecular complexity index is 757. The van der Waals surface area contributed by atoms with Crippen molar-refractivity contribution in [2.45, 2.75) is 59.1 Å². The predicted octanol–water partition coefficient (Wildman–Crippen LogP) is 4.89. The molecule has 154 valence electrons. The van der Waals surface area contributed by atoms with E-state index < -0.39 is 27.9 Å². The van der Waals surface area contributed by atoms with E-state index in [1.165, 1.54) is 12.1 Å². The molecule has 0 bridgehead atoms. The maximum absolute atomic E-state index is 13.2. The first-order chi connectivity index (χ1) is 11.9. The molecule has 5 nitrogen and oxygen atoms in total. The van der Waals surface area contributed by atoms with E-state index in [0.717, 1.165) is 12.0 Å². The van der Waals surface area contributed by atoms with Crippen molar-refractivity contribution in [3.05, 3.63) is 35.4 Å². The van der Waals surface area contributed by atoms with E-state index in [1.54, 1.807) is 12.1 Å². The summed E-state index contributed by atoms with van der Waals surface area (Å²) in [4.78, 5) is 11.9. The SMILES string of the molecule is CC(C)(C)CC(c1ccc(C(=O)OCC(F)(F)S(=O)(=O)O)cc1)C(C)(C)C. The van der Waals surface area contributed by atoms with Gasteiger partial charge in [-0.25, -0.2) is 4.79 Å². The first-order valence-electron chi connectivity index (χ1n) is 8.56. The van der Waals surface area contributed by atoms with E-state index in [9.17, 15) is 22.0 Å². The zero-order valence-corrected chi connectivity index (χ0v) is 17.4. The Hall–Kier alpha value is -1.54. The fourth-order valence-electron chi connectivity index (χ4n) is 2.70. The molecule has 0 spiro atoms. The topological polar surface area (TPSA) is 80.7 Å². The van der Waals surface area contributed by atoms with Crippen LogP contribution in [0.1, 0.15) is 69.8 Å². The van der Waals surface area contributed by atoms with Gasteiger partial charge in [0.2, 0.25) is 0 Å². The summed E-state index contributed by atoms with van der Waals surface area (Å²) >= 11 is 0. The second-order valence-corrected chi connectivity index (χ2v) is 10.5. The van der Waals surface area contributed by atoms with Crippen LogP contribution in [-0.2, 0) is 14.9 Å². The first-order valence-corrected chi connectivity index (χ1v) is 10.00. The van der Waals surface area contributed by atoms with E-state index in [-0.39, 0.29) is 22.3 Å². The molecule has 1 rings (SSSR count). The van der Waals surface area contributed by atoms with Gasteiger partial charge in [0, 0.05) is 0 Å². The summed E-state index contributed by atoms with van der Waals surface area (Å²) in [7, 11) is -5.64. The lowest BCUT2D eigenvalue weighted by atomic mass is 9.69. The number of halogens is 2. The molecule has 0 heterocycles. The summed E-state index contributed by atoms with van der Waals surface area (Å²) in [6, 6.07) is 6.42. The Labute approximate surface area is 159 Å². The van der Waals surface area contributed by atoms with Crippen LogP contribution in [0.2, 0.25) is 0 Å². The number of carbonyl (C=O) groups is 1. The highest BCUT2D eigenvalue weighted by Crippen LogP contribution is 2.43. The third kappa shape index (κ3) is 6.84. The Morgan fingerprint density at radius 2 is 1.56 bits per heavy atom. The number of carbonyl (C=O) groups excluding carboxylic acids is 1. The molecule has 0 radical (unpaired) electrons. The van der Waals surface area contributed by atoms with Crippen LogP contribution in [-0.4, -0.2) is 30.8 Å². The van der Waals surface area contributed by atoms with Gasteiger partial charge in [-0.3, -0.25) is 4.55 Å². The molecule has 1 aromatic carbocycles. The molecule has 0 aliphatic rings. The molecule has 0 fully saturated rings. The van der Waals surface area contributed by atoms with Crippen LogP contribution in [0.5, 0.6) is 0 Å². The van der Waals surface area contributed by atoms with Crippen LogP contribution in [0.15, 0.2) is 24.3 Å². The molecule has 1 atom stereocenters. The maximum Gasteiger partial charge on any atom is 0.402 e. The smallest absolute Gasteiger partial charge is 0.402 e. The number of ether oxygens (including phenoxy) is 1. The molecule has 1 aromatic rings. The lowest BCUT2D eigenvalue weighted by Crippen LogP contribution is -2.34. The van der Waals surface area contributed by atoms with E-state index in [2.05, 4.69) is 46.3 Å². The summed E-state index contributed by atoms with van der Waals surface area (Å²) < 4.78 is 60.2. The maximum atomic E-state index is 13.2. The second kappa shape index (κ2) is 7.83. The van der Waals surface area contributed by atoms with E-state index in [1.807, 2.05) is 0 Å². The van der Waals surface area contributed by atoms with Gasteiger partial charge in [-0.1, -0.05) is 53.7 Å². The Kier molecular flexibility index (Phi) is 6.82.